The van der Waals surface area contributed by atoms with Gasteiger partial charge < -0.3 is 9.84 Å². The molecule has 0 saturated carbocycles. The lowest BCUT2D eigenvalue weighted by Gasteiger charge is -2.14. The number of hydrogen-bond donors (Lipinski definition) is 1. The van der Waals surface area contributed by atoms with E-state index in [2.05, 4.69) is 26.4 Å². The van der Waals surface area contributed by atoms with E-state index in [1.807, 2.05) is 45.0 Å². The molecule has 0 saturated heterocycles. The highest BCUT2D eigenvalue weighted by atomic mass is 79.9. The van der Waals surface area contributed by atoms with Crippen molar-refractivity contribution >= 4 is 21.8 Å². The molecule has 0 aliphatic carbocycles. The third kappa shape index (κ3) is 3.48. The van der Waals surface area contributed by atoms with E-state index in [1.165, 1.54) is 0 Å². The Morgan fingerprint density at radius 3 is 2.80 bits per heavy atom. The highest BCUT2D eigenvalue weighted by molar-refractivity contribution is 9.10. The number of carbonyl (C=O) groups excluding carboxylic acids is 1. The molecule has 0 spiro atoms. The van der Waals surface area contributed by atoms with Gasteiger partial charge in [0.2, 0.25) is 5.91 Å². The fourth-order valence-electron chi connectivity index (χ4n) is 2.07. The van der Waals surface area contributed by atoms with Gasteiger partial charge in [-0.05, 0) is 38.5 Å². The third-order valence-corrected chi connectivity index (χ3v) is 3.74. The second-order valence-electron chi connectivity index (χ2n) is 4.82. The highest BCUT2D eigenvalue weighted by Crippen LogP contribution is 2.18. The molecule has 2 aromatic rings. The van der Waals surface area contributed by atoms with Gasteiger partial charge in [-0.3, -0.25) is 4.79 Å². The van der Waals surface area contributed by atoms with Crippen molar-refractivity contribution in [3.8, 4) is 0 Å². The zero-order valence-corrected chi connectivity index (χ0v) is 13.3. The fourth-order valence-corrected chi connectivity index (χ4v) is 2.48. The number of benzene rings is 1. The molecule has 4 nitrogen and oxygen atoms in total. The van der Waals surface area contributed by atoms with Crippen molar-refractivity contribution in [2.75, 3.05) is 0 Å². The van der Waals surface area contributed by atoms with Gasteiger partial charge in [-0.15, -0.1) is 0 Å². The predicted molar refractivity (Wildman–Crippen MR) is 80.4 cm³/mol. The van der Waals surface area contributed by atoms with Gasteiger partial charge >= 0.3 is 0 Å². The lowest BCUT2D eigenvalue weighted by molar-refractivity contribution is -0.121. The number of rotatable bonds is 4. The first kappa shape index (κ1) is 14.8. The van der Waals surface area contributed by atoms with Crippen LogP contribution in [0.5, 0.6) is 0 Å². The summed E-state index contributed by atoms with van der Waals surface area (Å²) in [5.74, 6) is 0.666. The Morgan fingerprint density at radius 1 is 1.45 bits per heavy atom. The van der Waals surface area contributed by atoms with Gasteiger partial charge in [0, 0.05) is 10.0 Å². The summed E-state index contributed by atoms with van der Waals surface area (Å²) in [7, 11) is 0. The summed E-state index contributed by atoms with van der Waals surface area (Å²) in [5.41, 5.74) is 2.70. The van der Waals surface area contributed by atoms with Crippen molar-refractivity contribution in [1.29, 1.82) is 0 Å². The molecule has 1 amide bonds. The Morgan fingerprint density at radius 2 is 2.20 bits per heavy atom. The molecule has 2 rings (SSSR count). The Labute approximate surface area is 126 Å². The number of aryl methyl sites for hydroxylation is 2. The van der Waals surface area contributed by atoms with Crippen LogP contribution in [-0.4, -0.2) is 11.1 Å². The molecule has 0 fully saturated rings. The number of halogens is 1. The van der Waals surface area contributed by atoms with Gasteiger partial charge in [0.15, 0.2) is 0 Å². The molecule has 0 bridgehead atoms. The standard InChI is InChI=1S/C15H17BrN2O2/c1-9(12-5-4-6-13(16)7-12)17-15(19)8-14-10(2)18-20-11(14)3/h4-7,9H,8H2,1-3H3,(H,17,19)/t9-/m0/s1. The smallest absolute Gasteiger partial charge is 0.225 e. The van der Waals surface area contributed by atoms with Gasteiger partial charge in [-0.2, -0.15) is 0 Å². The van der Waals surface area contributed by atoms with E-state index in [9.17, 15) is 4.79 Å². The summed E-state index contributed by atoms with van der Waals surface area (Å²) >= 11 is 3.43. The van der Waals surface area contributed by atoms with Crippen LogP contribution in [0.25, 0.3) is 0 Å². The quantitative estimate of drug-likeness (QED) is 0.929. The first-order valence-corrected chi connectivity index (χ1v) is 7.23. The summed E-state index contributed by atoms with van der Waals surface area (Å²) in [4.78, 5) is 12.1. The SMILES string of the molecule is Cc1noc(C)c1CC(=O)N[C@@H](C)c1cccc(Br)c1. The van der Waals surface area contributed by atoms with Crippen molar-refractivity contribution in [3.05, 3.63) is 51.3 Å². The first-order valence-electron chi connectivity index (χ1n) is 6.44. The van der Waals surface area contributed by atoms with Crippen LogP contribution < -0.4 is 5.32 Å². The maximum atomic E-state index is 12.1. The summed E-state index contributed by atoms with van der Waals surface area (Å²) < 4.78 is 6.07. The minimum absolute atomic E-state index is 0.0353. The number of amides is 1. The zero-order chi connectivity index (χ0) is 14.7. The van der Waals surface area contributed by atoms with E-state index in [1.54, 1.807) is 0 Å². The third-order valence-electron chi connectivity index (χ3n) is 3.24. The van der Waals surface area contributed by atoms with Gasteiger partial charge in [0.05, 0.1) is 18.2 Å². The lowest BCUT2D eigenvalue weighted by atomic mass is 10.1. The molecule has 5 heteroatoms. The maximum Gasteiger partial charge on any atom is 0.225 e. The largest absolute Gasteiger partial charge is 0.361 e. The van der Waals surface area contributed by atoms with E-state index in [0.717, 1.165) is 21.3 Å². The Bertz CT molecular complexity index is 603. The van der Waals surface area contributed by atoms with Crippen LogP contribution in [0, 0.1) is 13.8 Å². The molecule has 20 heavy (non-hydrogen) atoms. The average Bonchev–Trinajstić information content (AvgIpc) is 2.70. The average molecular weight is 337 g/mol. The molecule has 106 valence electrons. The van der Waals surface area contributed by atoms with Crippen molar-refractivity contribution in [2.45, 2.75) is 33.2 Å². The number of hydrogen-bond acceptors (Lipinski definition) is 3. The molecule has 1 atom stereocenters. The second-order valence-corrected chi connectivity index (χ2v) is 5.74. The van der Waals surface area contributed by atoms with Gasteiger partial charge in [0.25, 0.3) is 0 Å². The molecular weight excluding hydrogens is 320 g/mol. The van der Waals surface area contributed by atoms with E-state index < -0.39 is 0 Å². The van der Waals surface area contributed by atoms with Crippen LogP contribution in [0.3, 0.4) is 0 Å². The first-order chi connectivity index (χ1) is 9.47. The number of nitrogens with zero attached hydrogens (tertiary/aromatic N) is 1. The molecule has 1 heterocycles. The van der Waals surface area contributed by atoms with Gasteiger partial charge in [-0.25, -0.2) is 0 Å². The van der Waals surface area contributed by atoms with Crippen LogP contribution in [-0.2, 0) is 11.2 Å². The van der Waals surface area contributed by atoms with Gasteiger partial charge in [-0.1, -0.05) is 33.2 Å². The van der Waals surface area contributed by atoms with Crippen LogP contribution in [0.15, 0.2) is 33.3 Å². The summed E-state index contributed by atoms with van der Waals surface area (Å²) in [5, 5.41) is 6.84. The van der Waals surface area contributed by atoms with E-state index >= 15 is 0 Å². The van der Waals surface area contributed by atoms with Crippen LogP contribution >= 0.6 is 15.9 Å². The number of aromatic nitrogens is 1. The predicted octanol–water partition coefficient (Wildman–Crippen LogP) is 3.47. The Balaban J connectivity index is 2.01. The van der Waals surface area contributed by atoms with E-state index in [0.29, 0.717) is 12.2 Å². The highest BCUT2D eigenvalue weighted by Gasteiger charge is 2.15. The van der Waals surface area contributed by atoms with Crippen LogP contribution in [0.2, 0.25) is 0 Å². The maximum absolute atomic E-state index is 12.1. The monoisotopic (exact) mass is 336 g/mol. The molecule has 0 aliphatic heterocycles. The Kier molecular flexibility index (Phi) is 4.60. The molecule has 1 N–H and O–H groups in total. The van der Waals surface area contributed by atoms with Crippen molar-refractivity contribution in [2.24, 2.45) is 0 Å². The molecular formula is C15H17BrN2O2. The molecule has 1 aromatic carbocycles. The molecule has 0 aliphatic rings. The van der Waals surface area contributed by atoms with Crippen molar-refractivity contribution in [1.82, 2.24) is 10.5 Å². The topological polar surface area (TPSA) is 55.1 Å². The number of carbonyl (C=O) groups is 1. The summed E-state index contributed by atoms with van der Waals surface area (Å²) in [6.07, 6.45) is 0.291. The lowest BCUT2D eigenvalue weighted by Crippen LogP contribution is -2.28. The summed E-state index contributed by atoms with van der Waals surface area (Å²) in [6, 6.07) is 7.87. The van der Waals surface area contributed by atoms with Crippen molar-refractivity contribution in [3.63, 3.8) is 0 Å². The normalized spacial score (nSPS) is 12.2. The van der Waals surface area contributed by atoms with E-state index in [-0.39, 0.29) is 11.9 Å². The summed E-state index contributed by atoms with van der Waals surface area (Å²) in [6.45, 7) is 5.63. The molecule has 0 radical (unpaired) electrons. The second kappa shape index (κ2) is 6.22. The molecule has 1 aromatic heterocycles. The van der Waals surface area contributed by atoms with Crippen LogP contribution in [0.1, 0.15) is 35.5 Å². The van der Waals surface area contributed by atoms with Crippen molar-refractivity contribution < 1.29 is 9.32 Å². The van der Waals surface area contributed by atoms with E-state index in [4.69, 9.17) is 4.52 Å². The van der Waals surface area contributed by atoms with Crippen LogP contribution in [0.4, 0.5) is 0 Å². The minimum atomic E-state index is -0.0412. The Hall–Kier alpha value is -1.62. The zero-order valence-electron chi connectivity index (χ0n) is 11.7. The minimum Gasteiger partial charge on any atom is -0.361 e. The fraction of sp³-hybridized carbons (Fsp3) is 0.333. The number of nitrogens with one attached hydrogen (secondary N) is 1. The molecule has 0 unspecified atom stereocenters. The van der Waals surface area contributed by atoms with Gasteiger partial charge in [0.1, 0.15) is 5.76 Å².